The quantitative estimate of drug-likeness (QED) is 0.896. The van der Waals surface area contributed by atoms with Crippen LogP contribution in [0.15, 0.2) is 24.5 Å². The molecule has 5 heteroatoms. The van der Waals surface area contributed by atoms with Crippen LogP contribution in [0.1, 0.15) is 24.8 Å². The smallest absolute Gasteiger partial charge is 0.227 e. The normalized spacial score (nSPS) is 27.0. The minimum atomic E-state index is 0.0664. The zero-order chi connectivity index (χ0) is 14.7. The molecule has 0 radical (unpaired) electrons. The lowest BCUT2D eigenvalue weighted by Crippen LogP contribution is -2.51. The van der Waals surface area contributed by atoms with Gasteiger partial charge in [-0.3, -0.25) is 14.7 Å². The van der Waals surface area contributed by atoms with Crippen molar-refractivity contribution >= 4 is 5.91 Å². The van der Waals surface area contributed by atoms with E-state index >= 15 is 0 Å². The van der Waals surface area contributed by atoms with Crippen molar-refractivity contribution in [2.75, 3.05) is 26.2 Å². The maximum Gasteiger partial charge on any atom is 0.227 e. The number of hydrogen-bond acceptors (Lipinski definition) is 4. The molecule has 1 saturated heterocycles. The van der Waals surface area contributed by atoms with Crippen LogP contribution in [0.2, 0.25) is 0 Å². The molecule has 2 unspecified atom stereocenters. The minimum absolute atomic E-state index is 0.0664. The largest absolute Gasteiger partial charge is 0.340 e. The van der Waals surface area contributed by atoms with E-state index < -0.39 is 0 Å². The van der Waals surface area contributed by atoms with Gasteiger partial charge in [0.05, 0.1) is 5.92 Å². The molecule has 21 heavy (non-hydrogen) atoms. The number of amides is 1. The summed E-state index contributed by atoms with van der Waals surface area (Å²) in [5.41, 5.74) is 7.33. The SMILES string of the molecule is NC1CCCC1C(=O)N1CCN(Cc2ccncc2)CC1. The van der Waals surface area contributed by atoms with Gasteiger partial charge in [0, 0.05) is 51.2 Å². The predicted octanol–water partition coefficient (Wildman–Crippen LogP) is 0.853. The standard InChI is InChI=1S/C16H24N4O/c17-15-3-1-2-14(15)16(21)20-10-8-19(9-11-20)12-13-4-6-18-7-5-13/h4-7,14-15H,1-3,8-12,17H2. The molecule has 1 aliphatic carbocycles. The Hall–Kier alpha value is -1.46. The van der Waals surface area contributed by atoms with Crippen molar-refractivity contribution in [3.8, 4) is 0 Å². The zero-order valence-electron chi connectivity index (χ0n) is 12.4. The number of hydrogen-bond donors (Lipinski definition) is 1. The van der Waals surface area contributed by atoms with Crippen LogP contribution in [-0.2, 0) is 11.3 Å². The highest BCUT2D eigenvalue weighted by Gasteiger charge is 2.34. The van der Waals surface area contributed by atoms with Gasteiger partial charge in [-0.1, -0.05) is 6.42 Å². The monoisotopic (exact) mass is 288 g/mol. The predicted molar refractivity (Wildman–Crippen MR) is 81.4 cm³/mol. The molecular weight excluding hydrogens is 264 g/mol. The molecule has 0 bridgehead atoms. The molecule has 2 aliphatic rings. The number of pyridine rings is 1. The van der Waals surface area contributed by atoms with Gasteiger partial charge in [-0.05, 0) is 30.5 Å². The average molecular weight is 288 g/mol. The van der Waals surface area contributed by atoms with Crippen LogP contribution in [0.5, 0.6) is 0 Å². The van der Waals surface area contributed by atoms with Crippen LogP contribution in [0.4, 0.5) is 0 Å². The first-order valence-corrected chi connectivity index (χ1v) is 7.89. The number of rotatable bonds is 3. The molecule has 2 atom stereocenters. The van der Waals surface area contributed by atoms with E-state index in [1.807, 2.05) is 17.3 Å². The highest BCUT2D eigenvalue weighted by Crippen LogP contribution is 2.26. The lowest BCUT2D eigenvalue weighted by Gasteiger charge is -2.36. The van der Waals surface area contributed by atoms with Gasteiger partial charge in [-0.2, -0.15) is 0 Å². The first-order chi connectivity index (χ1) is 10.2. The first-order valence-electron chi connectivity index (χ1n) is 7.89. The van der Waals surface area contributed by atoms with Gasteiger partial charge in [-0.15, -0.1) is 0 Å². The summed E-state index contributed by atoms with van der Waals surface area (Å²) in [6, 6.07) is 4.18. The van der Waals surface area contributed by atoms with E-state index in [4.69, 9.17) is 5.73 Å². The van der Waals surface area contributed by atoms with Gasteiger partial charge in [0.1, 0.15) is 0 Å². The number of nitrogens with two attached hydrogens (primary N) is 1. The van der Waals surface area contributed by atoms with Crippen molar-refractivity contribution in [1.29, 1.82) is 0 Å². The molecule has 5 nitrogen and oxygen atoms in total. The molecule has 1 amide bonds. The molecule has 1 saturated carbocycles. The van der Waals surface area contributed by atoms with Crippen molar-refractivity contribution in [3.05, 3.63) is 30.1 Å². The van der Waals surface area contributed by atoms with Crippen molar-refractivity contribution in [2.24, 2.45) is 11.7 Å². The highest BCUT2D eigenvalue weighted by molar-refractivity contribution is 5.80. The summed E-state index contributed by atoms with van der Waals surface area (Å²) in [5.74, 6) is 0.348. The van der Waals surface area contributed by atoms with Gasteiger partial charge in [0.25, 0.3) is 0 Å². The Kier molecular flexibility index (Phi) is 4.51. The summed E-state index contributed by atoms with van der Waals surface area (Å²) in [6.45, 7) is 4.47. The maximum atomic E-state index is 12.5. The molecule has 0 aromatic carbocycles. The summed E-state index contributed by atoms with van der Waals surface area (Å²) >= 11 is 0. The van der Waals surface area contributed by atoms with E-state index in [2.05, 4.69) is 22.0 Å². The summed E-state index contributed by atoms with van der Waals surface area (Å²) in [6.07, 6.45) is 6.72. The Morgan fingerprint density at radius 1 is 1.19 bits per heavy atom. The molecule has 1 aromatic heterocycles. The minimum Gasteiger partial charge on any atom is -0.340 e. The third kappa shape index (κ3) is 3.41. The number of carbonyl (C=O) groups is 1. The van der Waals surface area contributed by atoms with Gasteiger partial charge in [0.2, 0.25) is 5.91 Å². The lowest BCUT2D eigenvalue weighted by molar-refractivity contribution is -0.137. The van der Waals surface area contributed by atoms with Crippen LogP contribution >= 0.6 is 0 Å². The van der Waals surface area contributed by atoms with Gasteiger partial charge >= 0.3 is 0 Å². The Bertz CT molecular complexity index is 470. The zero-order valence-corrected chi connectivity index (χ0v) is 12.4. The van der Waals surface area contributed by atoms with Crippen LogP contribution in [0.3, 0.4) is 0 Å². The molecule has 0 spiro atoms. The molecule has 3 rings (SSSR count). The van der Waals surface area contributed by atoms with Crippen molar-refractivity contribution < 1.29 is 4.79 Å². The average Bonchev–Trinajstić information content (AvgIpc) is 2.94. The highest BCUT2D eigenvalue weighted by atomic mass is 16.2. The third-order valence-corrected chi connectivity index (χ3v) is 4.73. The van der Waals surface area contributed by atoms with E-state index in [1.165, 1.54) is 5.56 Å². The number of carbonyl (C=O) groups excluding carboxylic acids is 1. The Morgan fingerprint density at radius 3 is 2.52 bits per heavy atom. The van der Waals surface area contributed by atoms with Crippen molar-refractivity contribution in [1.82, 2.24) is 14.8 Å². The maximum absolute atomic E-state index is 12.5. The van der Waals surface area contributed by atoms with Gasteiger partial charge in [0.15, 0.2) is 0 Å². The summed E-state index contributed by atoms with van der Waals surface area (Å²) in [5, 5.41) is 0. The van der Waals surface area contributed by atoms with E-state index in [0.29, 0.717) is 0 Å². The fourth-order valence-corrected chi connectivity index (χ4v) is 3.40. The van der Waals surface area contributed by atoms with Crippen molar-refractivity contribution in [2.45, 2.75) is 31.8 Å². The first kappa shape index (κ1) is 14.5. The Labute approximate surface area is 126 Å². The van der Waals surface area contributed by atoms with Crippen LogP contribution in [-0.4, -0.2) is 52.9 Å². The summed E-state index contributed by atoms with van der Waals surface area (Å²) < 4.78 is 0. The fraction of sp³-hybridized carbons (Fsp3) is 0.625. The van der Waals surface area contributed by atoms with E-state index in [1.54, 1.807) is 0 Å². The fourth-order valence-electron chi connectivity index (χ4n) is 3.40. The van der Waals surface area contributed by atoms with E-state index in [0.717, 1.165) is 52.0 Å². The molecular formula is C16H24N4O. The van der Waals surface area contributed by atoms with Gasteiger partial charge < -0.3 is 10.6 Å². The van der Waals surface area contributed by atoms with Gasteiger partial charge in [-0.25, -0.2) is 0 Å². The number of nitrogens with zero attached hydrogens (tertiary/aromatic N) is 3. The topological polar surface area (TPSA) is 62.5 Å². The van der Waals surface area contributed by atoms with Crippen molar-refractivity contribution in [3.63, 3.8) is 0 Å². The Balaban J connectivity index is 1.50. The summed E-state index contributed by atoms with van der Waals surface area (Å²) in [7, 11) is 0. The lowest BCUT2D eigenvalue weighted by atomic mass is 10.0. The number of aromatic nitrogens is 1. The molecule has 114 valence electrons. The Morgan fingerprint density at radius 2 is 1.90 bits per heavy atom. The molecule has 1 aliphatic heterocycles. The molecule has 2 fully saturated rings. The van der Waals surface area contributed by atoms with E-state index in [-0.39, 0.29) is 17.9 Å². The van der Waals surface area contributed by atoms with E-state index in [9.17, 15) is 4.79 Å². The van der Waals surface area contributed by atoms with Crippen LogP contribution in [0, 0.1) is 5.92 Å². The second kappa shape index (κ2) is 6.54. The third-order valence-electron chi connectivity index (χ3n) is 4.73. The summed E-state index contributed by atoms with van der Waals surface area (Å²) in [4.78, 5) is 20.9. The van der Waals surface area contributed by atoms with Crippen LogP contribution < -0.4 is 5.73 Å². The molecule has 2 heterocycles. The second-order valence-electron chi connectivity index (χ2n) is 6.16. The van der Waals surface area contributed by atoms with Crippen LogP contribution in [0.25, 0.3) is 0 Å². The molecule has 1 aromatic rings. The number of piperazine rings is 1. The second-order valence-corrected chi connectivity index (χ2v) is 6.16. The molecule has 2 N–H and O–H groups in total.